The van der Waals surface area contributed by atoms with Crippen molar-refractivity contribution in [3.05, 3.63) is 44.6 Å². The SMILES string of the molecule is COc1cccc(OC)c1C(=O)OCC(=O)c1ccc(Br)s1. The van der Waals surface area contributed by atoms with Crippen LogP contribution in [0.2, 0.25) is 0 Å². The first-order valence-electron chi connectivity index (χ1n) is 6.23. The third-order valence-corrected chi connectivity index (χ3v) is 4.48. The number of ketones is 1. The van der Waals surface area contributed by atoms with Crippen molar-refractivity contribution >= 4 is 39.0 Å². The van der Waals surface area contributed by atoms with Crippen molar-refractivity contribution in [2.45, 2.75) is 0 Å². The van der Waals surface area contributed by atoms with Gasteiger partial charge in [0, 0.05) is 0 Å². The molecule has 2 aromatic rings. The van der Waals surface area contributed by atoms with Crippen molar-refractivity contribution in [2.24, 2.45) is 0 Å². The van der Waals surface area contributed by atoms with E-state index < -0.39 is 5.97 Å². The number of benzene rings is 1. The number of ether oxygens (including phenoxy) is 3. The third kappa shape index (κ3) is 3.66. The average molecular weight is 385 g/mol. The van der Waals surface area contributed by atoms with Gasteiger partial charge in [-0.15, -0.1) is 11.3 Å². The van der Waals surface area contributed by atoms with E-state index >= 15 is 0 Å². The molecule has 0 radical (unpaired) electrons. The van der Waals surface area contributed by atoms with Crippen LogP contribution in [0, 0.1) is 0 Å². The minimum atomic E-state index is -0.668. The smallest absolute Gasteiger partial charge is 0.346 e. The van der Waals surface area contributed by atoms with Crippen LogP contribution in [-0.4, -0.2) is 32.6 Å². The van der Waals surface area contributed by atoms with Gasteiger partial charge < -0.3 is 14.2 Å². The minimum Gasteiger partial charge on any atom is -0.496 e. The van der Waals surface area contributed by atoms with Crippen LogP contribution in [0.25, 0.3) is 0 Å². The summed E-state index contributed by atoms with van der Waals surface area (Å²) in [5, 5.41) is 0. The highest BCUT2D eigenvalue weighted by molar-refractivity contribution is 9.11. The minimum absolute atomic E-state index is 0.160. The second kappa shape index (κ2) is 7.42. The van der Waals surface area contributed by atoms with Gasteiger partial charge in [-0.2, -0.15) is 0 Å². The zero-order valence-electron chi connectivity index (χ0n) is 11.9. The van der Waals surface area contributed by atoms with E-state index in [9.17, 15) is 9.59 Å². The summed E-state index contributed by atoms with van der Waals surface area (Å²) in [6.07, 6.45) is 0. The predicted octanol–water partition coefficient (Wildman–Crippen LogP) is 3.57. The Bertz CT molecular complexity index is 673. The number of carbonyl (C=O) groups excluding carboxylic acids is 2. The third-order valence-electron chi connectivity index (χ3n) is 2.81. The van der Waals surface area contributed by atoms with E-state index in [0.717, 1.165) is 3.79 Å². The van der Waals surface area contributed by atoms with E-state index in [1.54, 1.807) is 30.3 Å². The number of carbonyl (C=O) groups is 2. The Morgan fingerprint density at radius 2 is 1.73 bits per heavy atom. The lowest BCUT2D eigenvalue weighted by Crippen LogP contribution is -2.15. The van der Waals surface area contributed by atoms with E-state index in [0.29, 0.717) is 16.4 Å². The summed E-state index contributed by atoms with van der Waals surface area (Å²) in [7, 11) is 2.89. The van der Waals surface area contributed by atoms with Gasteiger partial charge in [-0.05, 0) is 40.2 Å². The highest BCUT2D eigenvalue weighted by atomic mass is 79.9. The van der Waals surface area contributed by atoms with Crippen LogP contribution >= 0.6 is 27.3 Å². The van der Waals surface area contributed by atoms with Gasteiger partial charge in [0.2, 0.25) is 5.78 Å². The fraction of sp³-hybridized carbons (Fsp3) is 0.200. The highest BCUT2D eigenvalue weighted by Gasteiger charge is 2.21. The van der Waals surface area contributed by atoms with Crippen LogP contribution in [-0.2, 0) is 4.74 Å². The van der Waals surface area contributed by atoms with Gasteiger partial charge >= 0.3 is 5.97 Å². The molecule has 0 aliphatic heterocycles. The van der Waals surface area contributed by atoms with Crippen LogP contribution in [0.15, 0.2) is 34.1 Å². The summed E-state index contributed by atoms with van der Waals surface area (Å²) in [4.78, 5) is 24.7. The second-order valence-corrected chi connectivity index (χ2v) is 6.60. The molecule has 116 valence electrons. The molecule has 0 unspecified atom stereocenters. The molecule has 22 heavy (non-hydrogen) atoms. The standard InChI is InChI=1S/C15H13BrO5S/c1-19-10-4-3-5-11(20-2)14(10)15(18)21-8-9(17)12-6-7-13(16)22-12/h3-7H,8H2,1-2H3. The maximum atomic E-state index is 12.2. The van der Waals surface area contributed by atoms with Gasteiger partial charge in [0.25, 0.3) is 0 Å². The second-order valence-electron chi connectivity index (χ2n) is 4.14. The molecule has 0 saturated carbocycles. The molecule has 1 aromatic heterocycles. The molecule has 0 aliphatic rings. The van der Waals surface area contributed by atoms with Crippen molar-refractivity contribution in [1.82, 2.24) is 0 Å². The number of rotatable bonds is 6. The van der Waals surface area contributed by atoms with Crippen molar-refractivity contribution in [3.8, 4) is 11.5 Å². The Balaban J connectivity index is 2.11. The Morgan fingerprint density at radius 1 is 1.09 bits per heavy atom. The summed E-state index contributed by atoms with van der Waals surface area (Å²) in [6, 6.07) is 8.38. The van der Waals surface area contributed by atoms with Gasteiger partial charge in [-0.3, -0.25) is 4.79 Å². The van der Waals surface area contributed by atoms with Crippen LogP contribution < -0.4 is 9.47 Å². The summed E-state index contributed by atoms with van der Waals surface area (Å²) < 4.78 is 16.2. The number of hydrogen-bond acceptors (Lipinski definition) is 6. The zero-order valence-corrected chi connectivity index (χ0v) is 14.3. The lowest BCUT2D eigenvalue weighted by atomic mass is 10.2. The zero-order chi connectivity index (χ0) is 16.1. The van der Waals surface area contributed by atoms with Crippen molar-refractivity contribution in [2.75, 3.05) is 20.8 Å². The molecule has 0 aliphatic carbocycles. The summed E-state index contributed by atoms with van der Waals surface area (Å²) in [5.74, 6) is -0.275. The molecule has 0 N–H and O–H groups in total. The first-order valence-corrected chi connectivity index (χ1v) is 7.84. The quantitative estimate of drug-likeness (QED) is 0.562. The molecular formula is C15H13BrO5S. The fourth-order valence-corrected chi connectivity index (χ4v) is 3.10. The van der Waals surface area contributed by atoms with Gasteiger partial charge in [-0.25, -0.2) is 4.79 Å². The molecule has 0 saturated heterocycles. The van der Waals surface area contributed by atoms with Crippen molar-refractivity contribution in [3.63, 3.8) is 0 Å². The molecular weight excluding hydrogens is 372 g/mol. The first kappa shape index (κ1) is 16.5. The summed E-state index contributed by atoms with van der Waals surface area (Å²) in [6.45, 7) is -0.340. The maximum absolute atomic E-state index is 12.2. The molecule has 0 bridgehead atoms. The average Bonchev–Trinajstić information content (AvgIpc) is 2.97. The van der Waals surface area contributed by atoms with E-state index in [1.807, 2.05) is 0 Å². The molecule has 0 amide bonds. The van der Waals surface area contributed by atoms with Crippen LogP contribution in [0.1, 0.15) is 20.0 Å². The molecule has 1 aromatic carbocycles. The van der Waals surface area contributed by atoms with Gasteiger partial charge in [0.1, 0.15) is 17.1 Å². The van der Waals surface area contributed by atoms with Crippen molar-refractivity contribution in [1.29, 1.82) is 0 Å². The Labute approximate surface area is 139 Å². The molecule has 0 spiro atoms. The van der Waals surface area contributed by atoms with Gasteiger partial charge in [-0.1, -0.05) is 6.07 Å². The Morgan fingerprint density at radius 3 is 2.23 bits per heavy atom. The number of halogens is 1. The first-order chi connectivity index (χ1) is 10.6. The van der Waals surface area contributed by atoms with Crippen LogP contribution in [0.4, 0.5) is 0 Å². The van der Waals surface area contributed by atoms with E-state index in [1.165, 1.54) is 25.6 Å². The predicted molar refractivity (Wildman–Crippen MR) is 86.2 cm³/mol. The van der Waals surface area contributed by atoms with Gasteiger partial charge in [0.05, 0.1) is 22.9 Å². The van der Waals surface area contributed by atoms with E-state index in [4.69, 9.17) is 14.2 Å². The lowest BCUT2D eigenvalue weighted by molar-refractivity contribution is 0.0469. The molecule has 0 atom stereocenters. The van der Waals surface area contributed by atoms with Gasteiger partial charge in [0.15, 0.2) is 6.61 Å². The molecule has 0 fully saturated rings. The molecule has 5 nitrogen and oxygen atoms in total. The van der Waals surface area contributed by atoms with Crippen LogP contribution in [0.5, 0.6) is 11.5 Å². The number of hydrogen-bond donors (Lipinski definition) is 0. The normalized spacial score (nSPS) is 10.1. The molecule has 1 heterocycles. The fourth-order valence-electron chi connectivity index (χ4n) is 1.79. The topological polar surface area (TPSA) is 61.8 Å². The Hall–Kier alpha value is -1.86. The molecule has 7 heteroatoms. The number of esters is 1. The summed E-state index contributed by atoms with van der Waals surface area (Å²) in [5.41, 5.74) is 0.160. The maximum Gasteiger partial charge on any atom is 0.346 e. The number of methoxy groups -OCH3 is 2. The highest BCUT2D eigenvalue weighted by Crippen LogP contribution is 2.29. The van der Waals surface area contributed by atoms with Crippen LogP contribution in [0.3, 0.4) is 0 Å². The van der Waals surface area contributed by atoms with E-state index in [-0.39, 0.29) is 18.0 Å². The van der Waals surface area contributed by atoms with E-state index in [2.05, 4.69) is 15.9 Å². The monoisotopic (exact) mass is 384 g/mol. The summed E-state index contributed by atoms with van der Waals surface area (Å²) >= 11 is 4.57. The number of Topliss-reactive ketones (excluding diaryl/α,β-unsaturated/α-hetero) is 1. The molecule has 2 rings (SSSR count). The van der Waals surface area contributed by atoms with Crippen molar-refractivity contribution < 1.29 is 23.8 Å². The number of thiophene rings is 1. The lowest BCUT2D eigenvalue weighted by Gasteiger charge is -2.11. The Kier molecular flexibility index (Phi) is 5.57. The largest absolute Gasteiger partial charge is 0.496 e.